The van der Waals surface area contributed by atoms with E-state index in [1.165, 1.54) is 12.1 Å². The van der Waals surface area contributed by atoms with E-state index in [-0.39, 0.29) is 4.90 Å². The fourth-order valence-corrected chi connectivity index (χ4v) is 2.46. The molecule has 0 saturated carbocycles. The largest absolute Gasteiger partial charge is 0.381 e. The SMILES string of the molecule is CCN(CC)CC(C)Nc1ccc(S(N)(=O)=O)cc1. The van der Waals surface area contributed by atoms with E-state index in [1.54, 1.807) is 12.1 Å². The maximum Gasteiger partial charge on any atom is 0.238 e. The molecule has 1 unspecified atom stereocenters. The van der Waals surface area contributed by atoms with Crippen molar-refractivity contribution in [2.24, 2.45) is 5.14 Å². The van der Waals surface area contributed by atoms with E-state index >= 15 is 0 Å². The quantitative estimate of drug-likeness (QED) is 0.795. The molecule has 0 saturated heterocycles. The first-order chi connectivity index (χ1) is 8.86. The fraction of sp³-hybridized carbons (Fsp3) is 0.538. The molecule has 1 aromatic carbocycles. The molecule has 0 fully saturated rings. The number of rotatable bonds is 7. The van der Waals surface area contributed by atoms with Crippen LogP contribution in [0, 0.1) is 0 Å². The summed E-state index contributed by atoms with van der Waals surface area (Å²) >= 11 is 0. The van der Waals surface area contributed by atoms with Crippen molar-refractivity contribution >= 4 is 15.7 Å². The van der Waals surface area contributed by atoms with Crippen molar-refractivity contribution in [3.63, 3.8) is 0 Å². The first-order valence-electron chi connectivity index (χ1n) is 6.48. The Morgan fingerprint density at radius 2 is 1.74 bits per heavy atom. The number of hydrogen-bond donors (Lipinski definition) is 2. The van der Waals surface area contributed by atoms with Gasteiger partial charge in [-0.25, -0.2) is 13.6 Å². The summed E-state index contributed by atoms with van der Waals surface area (Å²) < 4.78 is 22.3. The van der Waals surface area contributed by atoms with Crippen LogP contribution in [0.5, 0.6) is 0 Å². The van der Waals surface area contributed by atoms with Crippen LogP contribution in [0.15, 0.2) is 29.2 Å². The Morgan fingerprint density at radius 3 is 2.16 bits per heavy atom. The zero-order valence-corrected chi connectivity index (χ0v) is 12.6. The number of nitrogens with one attached hydrogen (secondary N) is 1. The van der Waals surface area contributed by atoms with Crippen LogP contribution in [-0.2, 0) is 10.0 Å². The van der Waals surface area contributed by atoms with E-state index < -0.39 is 10.0 Å². The van der Waals surface area contributed by atoms with Gasteiger partial charge < -0.3 is 10.2 Å². The number of anilines is 1. The van der Waals surface area contributed by atoms with Gasteiger partial charge in [-0.3, -0.25) is 0 Å². The van der Waals surface area contributed by atoms with E-state index in [0.717, 1.165) is 25.3 Å². The van der Waals surface area contributed by atoms with Crippen LogP contribution in [0.4, 0.5) is 5.69 Å². The number of nitrogens with zero attached hydrogens (tertiary/aromatic N) is 1. The first-order valence-corrected chi connectivity index (χ1v) is 8.03. The van der Waals surface area contributed by atoms with Gasteiger partial charge in [-0.1, -0.05) is 13.8 Å². The van der Waals surface area contributed by atoms with Crippen molar-refractivity contribution in [3.05, 3.63) is 24.3 Å². The van der Waals surface area contributed by atoms with Gasteiger partial charge in [0.2, 0.25) is 10.0 Å². The molecular formula is C13H23N3O2S. The Hall–Kier alpha value is -1.11. The molecule has 1 rings (SSSR count). The lowest BCUT2D eigenvalue weighted by Crippen LogP contribution is -2.34. The molecular weight excluding hydrogens is 262 g/mol. The second-order valence-electron chi connectivity index (χ2n) is 4.60. The average Bonchev–Trinajstić information content (AvgIpc) is 2.35. The summed E-state index contributed by atoms with van der Waals surface area (Å²) in [5, 5.41) is 8.40. The van der Waals surface area contributed by atoms with E-state index in [1.807, 2.05) is 0 Å². The van der Waals surface area contributed by atoms with E-state index in [2.05, 4.69) is 31.0 Å². The van der Waals surface area contributed by atoms with Crippen LogP contribution >= 0.6 is 0 Å². The number of nitrogens with two attached hydrogens (primary N) is 1. The van der Waals surface area contributed by atoms with E-state index in [4.69, 9.17) is 5.14 Å². The molecule has 3 N–H and O–H groups in total. The molecule has 0 aliphatic carbocycles. The molecule has 0 amide bonds. The second-order valence-corrected chi connectivity index (χ2v) is 6.16. The Morgan fingerprint density at radius 1 is 1.21 bits per heavy atom. The van der Waals surface area contributed by atoms with Gasteiger partial charge >= 0.3 is 0 Å². The lowest BCUT2D eigenvalue weighted by atomic mass is 10.2. The third-order valence-electron chi connectivity index (χ3n) is 3.02. The number of likely N-dealkylation sites (N-methyl/N-ethyl adjacent to an activating group) is 1. The smallest absolute Gasteiger partial charge is 0.238 e. The third kappa shape index (κ3) is 5.18. The summed E-state index contributed by atoms with van der Waals surface area (Å²) in [5.74, 6) is 0. The normalized spacial score (nSPS) is 13.5. The maximum atomic E-state index is 11.1. The summed E-state index contributed by atoms with van der Waals surface area (Å²) in [7, 11) is -3.61. The van der Waals surface area contributed by atoms with E-state index in [0.29, 0.717) is 6.04 Å². The Bertz CT molecular complexity index is 481. The van der Waals surface area contributed by atoms with Crippen molar-refractivity contribution in [1.82, 2.24) is 4.90 Å². The van der Waals surface area contributed by atoms with Crippen molar-refractivity contribution < 1.29 is 8.42 Å². The van der Waals surface area contributed by atoms with Crippen LogP contribution < -0.4 is 10.5 Å². The highest BCUT2D eigenvalue weighted by molar-refractivity contribution is 7.89. The standard InChI is InChI=1S/C13H23N3O2S/c1-4-16(5-2)10-11(3)15-12-6-8-13(9-7-12)19(14,17)18/h6-9,11,15H,4-5,10H2,1-3H3,(H2,14,17,18). The molecule has 1 aromatic rings. The van der Waals surface area contributed by atoms with Crippen molar-refractivity contribution in [3.8, 4) is 0 Å². The van der Waals surface area contributed by atoms with Crippen LogP contribution in [0.3, 0.4) is 0 Å². The summed E-state index contributed by atoms with van der Waals surface area (Å²) in [4.78, 5) is 2.46. The van der Waals surface area contributed by atoms with Gasteiger partial charge in [-0.05, 0) is 44.3 Å². The topological polar surface area (TPSA) is 75.4 Å². The highest BCUT2D eigenvalue weighted by Crippen LogP contribution is 2.13. The first kappa shape index (κ1) is 15.9. The highest BCUT2D eigenvalue weighted by atomic mass is 32.2. The molecule has 5 nitrogen and oxygen atoms in total. The van der Waals surface area contributed by atoms with Crippen LogP contribution in [0.25, 0.3) is 0 Å². The molecule has 0 spiro atoms. The summed E-state index contributed by atoms with van der Waals surface area (Å²) in [6, 6.07) is 6.79. The number of primary sulfonamides is 1. The van der Waals surface area contributed by atoms with Crippen molar-refractivity contribution in [2.45, 2.75) is 31.7 Å². The fourth-order valence-electron chi connectivity index (χ4n) is 1.94. The van der Waals surface area contributed by atoms with Gasteiger partial charge in [0.05, 0.1) is 4.90 Å². The van der Waals surface area contributed by atoms with Crippen LogP contribution in [0.1, 0.15) is 20.8 Å². The molecule has 6 heteroatoms. The predicted octanol–water partition coefficient (Wildman–Crippen LogP) is 1.48. The average molecular weight is 285 g/mol. The minimum atomic E-state index is -3.61. The molecule has 0 radical (unpaired) electrons. The van der Waals surface area contributed by atoms with Crippen LogP contribution in [0.2, 0.25) is 0 Å². The molecule has 1 atom stereocenters. The van der Waals surface area contributed by atoms with Gasteiger partial charge in [0, 0.05) is 18.3 Å². The lowest BCUT2D eigenvalue weighted by Gasteiger charge is -2.24. The highest BCUT2D eigenvalue weighted by Gasteiger charge is 2.09. The molecule has 0 aromatic heterocycles. The molecule has 0 bridgehead atoms. The lowest BCUT2D eigenvalue weighted by molar-refractivity contribution is 0.295. The van der Waals surface area contributed by atoms with Crippen LogP contribution in [-0.4, -0.2) is 39.0 Å². The molecule has 108 valence electrons. The van der Waals surface area contributed by atoms with Gasteiger partial charge in [0.25, 0.3) is 0 Å². The minimum absolute atomic E-state index is 0.134. The maximum absolute atomic E-state index is 11.1. The van der Waals surface area contributed by atoms with Gasteiger partial charge in [0.1, 0.15) is 0 Å². The van der Waals surface area contributed by atoms with E-state index in [9.17, 15) is 8.42 Å². The van der Waals surface area contributed by atoms with Gasteiger partial charge in [-0.2, -0.15) is 0 Å². The number of benzene rings is 1. The van der Waals surface area contributed by atoms with Gasteiger partial charge in [-0.15, -0.1) is 0 Å². The second kappa shape index (κ2) is 6.88. The Balaban J connectivity index is 2.63. The number of hydrogen-bond acceptors (Lipinski definition) is 4. The zero-order chi connectivity index (χ0) is 14.5. The zero-order valence-electron chi connectivity index (χ0n) is 11.8. The summed E-state index contributed by atoms with van der Waals surface area (Å²) in [6.45, 7) is 9.36. The minimum Gasteiger partial charge on any atom is -0.381 e. The summed E-state index contributed by atoms with van der Waals surface area (Å²) in [5.41, 5.74) is 0.895. The molecule has 0 aliphatic heterocycles. The Labute approximate surface area is 115 Å². The summed E-state index contributed by atoms with van der Waals surface area (Å²) in [6.07, 6.45) is 0. The number of sulfonamides is 1. The van der Waals surface area contributed by atoms with Crippen molar-refractivity contribution in [1.29, 1.82) is 0 Å². The van der Waals surface area contributed by atoms with Gasteiger partial charge in [0.15, 0.2) is 0 Å². The monoisotopic (exact) mass is 285 g/mol. The predicted molar refractivity (Wildman–Crippen MR) is 78.7 cm³/mol. The Kier molecular flexibility index (Phi) is 5.78. The molecule has 0 heterocycles. The third-order valence-corrected chi connectivity index (χ3v) is 3.95. The van der Waals surface area contributed by atoms with Crippen molar-refractivity contribution in [2.75, 3.05) is 25.0 Å². The molecule has 19 heavy (non-hydrogen) atoms. The molecule has 0 aliphatic rings.